The molecule has 1 rings (SSSR count). The summed E-state index contributed by atoms with van der Waals surface area (Å²) in [5.41, 5.74) is 0. The van der Waals surface area contributed by atoms with Gasteiger partial charge in [0.25, 0.3) is 0 Å². The van der Waals surface area contributed by atoms with Crippen molar-refractivity contribution in [2.24, 2.45) is 0 Å². The molecule has 0 aromatic rings. The van der Waals surface area contributed by atoms with Crippen molar-refractivity contribution in [2.75, 3.05) is 105 Å². The Bertz CT molecular complexity index is 520. The molecule has 1 saturated heterocycles. The molecule has 32 heavy (non-hydrogen) atoms. The predicted octanol–water partition coefficient (Wildman–Crippen LogP) is -2.19. The molecule has 2 N–H and O–H groups in total. The van der Waals surface area contributed by atoms with Crippen molar-refractivity contribution >= 4 is 24.5 Å². The van der Waals surface area contributed by atoms with Gasteiger partial charge in [0.2, 0.25) is 0 Å². The average molecular weight is 461 g/mol. The number of ether oxygens (including phenoxy) is 2. The van der Waals surface area contributed by atoms with Gasteiger partial charge in [-0.15, -0.1) is 0 Å². The van der Waals surface area contributed by atoms with Crippen molar-refractivity contribution in [3.8, 4) is 0 Å². The molecule has 184 valence electrons. The summed E-state index contributed by atoms with van der Waals surface area (Å²) in [7, 11) is 0. The maximum Gasteiger partial charge on any atom is 0.317 e. The van der Waals surface area contributed by atoms with E-state index in [1.165, 1.54) is 0 Å². The van der Waals surface area contributed by atoms with Crippen molar-refractivity contribution in [3.63, 3.8) is 0 Å². The molecule has 1 heterocycles. The Hall–Kier alpha value is -1.96. The zero-order valence-corrected chi connectivity index (χ0v) is 18.6. The summed E-state index contributed by atoms with van der Waals surface area (Å²) >= 11 is 0. The summed E-state index contributed by atoms with van der Waals surface area (Å²) in [6.07, 6.45) is 1.62. The first kappa shape index (κ1) is 28.1. The molecule has 0 aliphatic carbocycles. The number of hydrogen-bond donors (Lipinski definition) is 2. The van der Waals surface area contributed by atoms with E-state index in [1.807, 2.05) is 9.80 Å². The molecule has 0 saturated carbocycles. The van der Waals surface area contributed by atoms with E-state index in [1.54, 1.807) is 9.80 Å². The third-order valence-corrected chi connectivity index (χ3v) is 5.06. The molecule has 0 spiro atoms. The molecule has 0 unspecified atom stereocenters. The lowest BCUT2D eigenvalue weighted by molar-refractivity contribution is -0.139. The van der Waals surface area contributed by atoms with Gasteiger partial charge in [-0.1, -0.05) is 0 Å². The van der Waals surface area contributed by atoms with Gasteiger partial charge in [-0.3, -0.25) is 29.2 Å². The lowest BCUT2D eigenvalue weighted by Crippen LogP contribution is -2.42. The number of aldehydes is 2. The molecular weight excluding hydrogens is 424 g/mol. The van der Waals surface area contributed by atoms with Gasteiger partial charge in [-0.05, 0) is 0 Å². The topological polar surface area (TPSA) is 140 Å². The van der Waals surface area contributed by atoms with E-state index >= 15 is 0 Å². The van der Waals surface area contributed by atoms with Gasteiger partial charge in [0.05, 0.1) is 52.6 Å². The molecule has 0 bridgehead atoms. The van der Waals surface area contributed by atoms with Crippen LogP contribution >= 0.6 is 0 Å². The Kier molecular flexibility index (Phi) is 15.4. The lowest BCUT2D eigenvalue weighted by Gasteiger charge is -2.27. The fraction of sp³-hybridized carbons (Fsp3) is 0.800. The monoisotopic (exact) mass is 460 g/mol. The van der Waals surface area contributed by atoms with Crippen LogP contribution in [0.15, 0.2) is 0 Å². The van der Waals surface area contributed by atoms with Gasteiger partial charge in [0.1, 0.15) is 12.6 Å². The molecule has 12 heteroatoms. The highest BCUT2D eigenvalue weighted by atomic mass is 16.5. The number of rotatable bonds is 8. The van der Waals surface area contributed by atoms with Crippen molar-refractivity contribution in [2.45, 2.75) is 0 Å². The zero-order valence-electron chi connectivity index (χ0n) is 18.6. The van der Waals surface area contributed by atoms with E-state index in [0.717, 1.165) is 12.6 Å². The van der Waals surface area contributed by atoms with Gasteiger partial charge < -0.3 is 29.3 Å². The molecule has 0 radical (unpaired) electrons. The normalized spacial score (nSPS) is 20.8. The maximum absolute atomic E-state index is 11.2. The second kappa shape index (κ2) is 17.6. The number of carboxylic acid groups (broad SMARTS) is 2. The van der Waals surface area contributed by atoms with Crippen LogP contribution < -0.4 is 0 Å². The average Bonchev–Trinajstić information content (AvgIpc) is 2.73. The molecule has 0 amide bonds. The summed E-state index contributed by atoms with van der Waals surface area (Å²) in [4.78, 5) is 51.6. The number of carbonyl (C=O) groups excluding carboxylic acids is 2. The van der Waals surface area contributed by atoms with Crippen LogP contribution in [0.3, 0.4) is 0 Å². The smallest absolute Gasteiger partial charge is 0.317 e. The zero-order chi connectivity index (χ0) is 23.6. The SMILES string of the molecule is O=CCN1CCOCCN(CC=O)CCN(CC(=O)O)CCOCCN(CC(=O)O)CC1. The Morgan fingerprint density at radius 2 is 0.906 bits per heavy atom. The summed E-state index contributed by atoms with van der Waals surface area (Å²) in [6.45, 7) is 5.42. The van der Waals surface area contributed by atoms with Gasteiger partial charge in [0.15, 0.2) is 0 Å². The van der Waals surface area contributed by atoms with Crippen LogP contribution in [0.1, 0.15) is 0 Å². The van der Waals surface area contributed by atoms with Gasteiger partial charge in [0, 0.05) is 52.4 Å². The van der Waals surface area contributed by atoms with Gasteiger partial charge in [-0.25, -0.2) is 0 Å². The van der Waals surface area contributed by atoms with E-state index in [9.17, 15) is 19.2 Å². The summed E-state index contributed by atoms with van der Waals surface area (Å²) in [5, 5.41) is 18.3. The van der Waals surface area contributed by atoms with E-state index in [0.29, 0.717) is 78.8 Å². The Morgan fingerprint density at radius 1 is 0.594 bits per heavy atom. The van der Waals surface area contributed by atoms with Crippen molar-refractivity contribution < 1.29 is 38.9 Å². The minimum absolute atomic E-state index is 0.132. The summed E-state index contributed by atoms with van der Waals surface area (Å²) in [6, 6.07) is 0. The highest BCUT2D eigenvalue weighted by Crippen LogP contribution is 1.98. The van der Waals surface area contributed by atoms with Gasteiger partial charge in [-0.2, -0.15) is 0 Å². The maximum atomic E-state index is 11.2. The van der Waals surface area contributed by atoms with E-state index < -0.39 is 11.9 Å². The Balaban J connectivity index is 2.74. The molecule has 1 aliphatic heterocycles. The van der Waals surface area contributed by atoms with Crippen molar-refractivity contribution in [1.29, 1.82) is 0 Å². The van der Waals surface area contributed by atoms with Crippen LogP contribution in [-0.2, 0) is 28.7 Å². The number of aliphatic carboxylic acids is 2. The molecular formula is C20H36N4O8. The van der Waals surface area contributed by atoms with E-state index in [-0.39, 0.29) is 26.2 Å². The summed E-state index contributed by atoms with van der Waals surface area (Å²) in [5.74, 6) is -1.88. The third kappa shape index (κ3) is 14.2. The highest BCUT2D eigenvalue weighted by molar-refractivity contribution is 5.69. The van der Waals surface area contributed by atoms with E-state index in [2.05, 4.69) is 0 Å². The number of hydrogen-bond acceptors (Lipinski definition) is 10. The third-order valence-electron chi connectivity index (χ3n) is 5.06. The largest absolute Gasteiger partial charge is 0.480 e. The Labute approximate surface area is 188 Å². The lowest BCUT2D eigenvalue weighted by atomic mass is 10.4. The van der Waals surface area contributed by atoms with Crippen LogP contribution in [0.4, 0.5) is 0 Å². The first-order valence-corrected chi connectivity index (χ1v) is 10.8. The fourth-order valence-corrected chi connectivity index (χ4v) is 3.27. The van der Waals surface area contributed by atoms with Crippen molar-refractivity contribution in [1.82, 2.24) is 19.6 Å². The first-order valence-electron chi connectivity index (χ1n) is 10.8. The molecule has 0 aromatic carbocycles. The van der Waals surface area contributed by atoms with Gasteiger partial charge >= 0.3 is 11.9 Å². The first-order chi connectivity index (χ1) is 15.4. The number of carbonyl (C=O) groups is 4. The Morgan fingerprint density at radius 3 is 1.22 bits per heavy atom. The molecule has 0 aromatic heterocycles. The van der Waals surface area contributed by atoms with E-state index in [4.69, 9.17) is 19.7 Å². The highest BCUT2D eigenvalue weighted by Gasteiger charge is 2.15. The van der Waals surface area contributed by atoms with Crippen LogP contribution in [0.25, 0.3) is 0 Å². The molecule has 0 atom stereocenters. The number of carboxylic acids is 2. The minimum Gasteiger partial charge on any atom is -0.480 e. The molecule has 1 aliphatic rings. The van der Waals surface area contributed by atoms with Crippen LogP contribution in [-0.4, -0.2) is 159 Å². The standard InChI is InChI=1S/C20H36N4O8/c25-11-5-21-1-3-23(17-19(27)28)9-15-32-16-10-24(18-20(29)30)4-2-22(6-12-26)8-14-31-13-7-21/h11-12H,1-10,13-18H2,(H,27,28)(H,29,30). The quantitative estimate of drug-likeness (QED) is 0.380. The number of nitrogens with zero attached hydrogens (tertiary/aromatic N) is 4. The molecule has 1 fully saturated rings. The predicted molar refractivity (Wildman–Crippen MR) is 115 cm³/mol. The molecule has 12 nitrogen and oxygen atoms in total. The van der Waals surface area contributed by atoms with Crippen LogP contribution in [0.2, 0.25) is 0 Å². The van der Waals surface area contributed by atoms with Crippen LogP contribution in [0.5, 0.6) is 0 Å². The van der Waals surface area contributed by atoms with Crippen molar-refractivity contribution in [3.05, 3.63) is 0 Å². The second-order valence-electron chi connectivity index (χ2n) is 7.50. The van der Waals surface area contributed by atoms with Crippen LogP contribution in [0, 0.1) is 0 Å². The summed E-state index contributed by atoms with van der Waals surface area (Å²) < 4.78 is 11.3. The minimum atomic E-state index is -0.940. The second-order valence-corrected chi connectivity index (χ2v) is 7.50. The fourth-order valence-electron chi connectivity index (χ4n) is 3.27.